The second-order valence-corrected chi connectivity index (χ2v) is 7.01. The molecule has 0 unspecified atom stereocenters. The number of nitrogens with zero attached hydrogens (tertiary/aromatic N) is 2. The Balaban J connectivity index is 1.56. The number of ether oxygens (including phenoxy) is 3. The SMILES string of the molecule is CCOc1ccc(CC(=O)N/N=C\c2ccc(OCc3ccccc3C#N)c(OC)c2)cc1. The number of carbonyl (C=O) groups is 1. The first-order valence-corrected chi connectivity index (χ1v) is 10.5. The Hall–Kier alpha value is -4.31. The van der Waals surface area contributed by atoms with Crippen LogP contribution in [0.15, 0.2) is 71.8 Å². The normalized spacial score (nSPS) is 10.5. The standard InChI is InChI=1S/C26H25N3O4/c1-3-32-23-11-8-19(9-12-23)15-26(30)29-28-17-20-10-13-24(25(14-20)31-2)33-18-22-7-5-4-6-21(22)16-27/h4-14,17H,3,15,18H2,1-2H3,(H,29,30)/b28-17-. The van der Waals surface area contributed by atoms with Gasteiger partial charge in [0, 0.05) is 5.56 Å². The van der Waals surface area contributed by atoms with Gasteiger partial charge in [-0.05, 0) is 54.4 Å². The van der Waals surface area contributed by atoms with E-state index < -0.39 is 0 Å². The van der Waals surface area contributed by atoms with E-state index in [2.05, 4.69) is 16.6 Å². The zero-order chi connectivity index (χ0) is 23.5. The monoisotopic (exact) mass is 443 g/mol. The predicted octanol–water partition coefficient (Wildman–Crippen LogP) is 4.24. The van der Waals surface area contributed by atoms with E-state index in [4.69, 9.17) is 14.2 Å². The quantitative estimate of drug-likeness (QED) is 0.374. The third-order valence-corrected chi connectivity index (χ3v) is 4.71. The van der Waals surface area contributed by atoms with Crippen LogP contribution in [0, 0.1) is 11.3 Å². The molecule has 7 heteroatoms. The maximum Gasteiger partial charge on any atom is 0.244 e. The summed E-state index contributed by atoms with van der Waals surface area (Å²) in [6.07, 6.45) is 1.75. The summed E-state index contributed by atoms with van der Waals surface area (Å²) >= 11 is 0. The summed E-state index contributed by atoms with van der Waals surface area (Å²) in [5.41, 5.74) is 5.49. The molecule has 0 bridgehead atoms. The Bertz CT molecular complexity index is 1150. The fourth-order valence-corrected chi connectivity index (χ4v) is 3.07. The fraction of sp³-hybridized carbons (Fsp3) is 0.192. The Morgan fingerprint density at radius 1 is 1.06 bits per heavy atom. The van der Waals surface area contributed by atoms with Gasteiger partial charge in [-0.25, -0.2) is 5.43 Å². The van der Waals surface area contributed by atoms with E-state index in [9.17, 15) is 10.1 Å². The van der Waals surface area contributed by atoms with Crippen LogP contribution in [0.5, 0.6) is 17.2 Å². The van der Waals surface area contributed by atoms with E-state index in [-0.39, 0.29) is 18.9 Å². The highest BCUT2D eigenvalue weighted by Gasteiger charge is 2.08. The highest BCUT2D eigenvalue weighted by atomic mass is 16.5. The van der Waals surface area contributed by atoms with Crippen LogP contribution in [-0.4, -0.2) is 25.8 Å². The number of hydrazone groups is 1. The minimum Gasteiger partial charge on any atom is -0.494 e. The second kappa shape index (κ2) is 11.9. The van der Waals surface area contributed by atoms with Crippen LogP contribution < -0.4 is 19.6 Å². The summed E-state index contributed by atoms with van der Waals surface area (Å²) in [6.45, 7) is 2.77. The molecule has 0 saturated carbocycles. The Morgan fingerprint density at radius 3 is 2.58 bits per heavy atom. The van der Waals surface area contributed by atoms with Crippen LogP contribution >= 0.6 is 0 Å². The molecular weight excluding hydrogens is 418 g/mol. The number of hydrogen-bond acceptors (Lipinski definition) is 6. The molecule has 1 N–H and O–H groups in total. The molecule has 0 aliphatic carbocycles. The van der Waals surface area contributed by atoms with E-state index in [0.717, 1.165) is 22.4 Å². The molecule has 0 saturated heterocycles. The molecule has 3 aromatic carbocycles. The molecular formula is C26H25N3O4. The highest BCUT2D eigenvalue weighted by Crippen LogP contribution is 2.28. The average Bonchev–Trinajstić information content (AvgIpc) is 2.84. The van der Waals surface area contributed by atoms with Crippen molar-refractivity contribution in [2.45, 2.75) is 20.0 Å². The lowest BCUT2D eigenvalue weighted by atomic mass is 10.1. The summed E-state index contributed by atoms with van der Waals surface area (Å²) in [6, 6.07) is 22.1. The summed E-state index contributed by atoms with van der Waals surface area (Å²) in [5, 5.41) is 13.2. The van der Waals surface area contributed by atoms with Gasteiger partial charge in [0.15, 0.2) is 11.5 Å². The van der Waals surface area contributed by atoms with Gasteiger partial charge in [-0.3, -0.25) is 4.79 Å². The first kappa shape index (κ1) is 23.4. The molecule has 3 aromatic rings. The molecule has 0 radical (unpaired) electrons. The Morgan fingerprint density at radius 2 is 1.85 bits per heavy atom. The van der Waals surface area contributed by atoms with Gasteiger partial charge in [-0.15, -0.1) is 0 Å². The van der Waals surface area contributed by atoms with Gasteiger partial charge in [0.1, 0.15) is 12.4 Å². The van der Waals surface area contributed by atoms with Gasteiger partial charge >= 0.3 is 0 Å². The van der Waals surface area contributed by atoms with Crippen LogP contribution in [0.4, 0.5) is 0 Å². The Kier molecular flexibility index (Phi) is 8.43. The zero-order valence-corrected chi connectivity index (χ0v) is 18.6. The van der Waals surface area contributed by atoms with E-state index in [1.165, 1.54) is 6.21 Å². The number of nitriles is 1. The van der Waals surface area contributed by atoms with Crippen molar-refractivity contribution in [1.29, 1.82) is 5.26 Å². The van der Waals surface area contributed by atoms with Crippen molar-refractivity contribution in [3.05, 3.63) is 89.0 Å². The van der Waals surface area contributed by atoms with Crippen LogP contribution in [-0.2, 0) is 17.8 Å². The minimum atomic E-state index is -0.224. The zero-order valence-electron chi connectivity index (χ0n) is 18.6. The number of amides is 1. The van der Waals surface area contributed by atoms with E-state index in [1.807, 2.05) is 49.4 Å². The molecule has 0 aliphatic rings. The van der Waals surface area contributed by atoms with Gasteiger partial charge < -0.3 is 14.2 Å². The largest absolute Gasteiger partial charge is 0.494 e. The summed E-state index contributed by atoms with van der Waals surface area (Å²) < 4.78 is 16.7. The number of carbonyl (C=O) groups excluding carboxylic acids is 1. The minimum absolute atomic E-state index is 0.212. The van der Waals surface area contributed by atoms with Crippen molar-refractivity contribution < 1.29 is 19.0 Å². The molecule has 0 spiro atoms. The topological polar surface area (TPSA) is 92.9 Å². The van der Waals surface area contributed by atoms with Gasteiger partial charge in [-0.1, -0.05) is 30.3 Å². The first-order chi connectivity index (χ1) is 16.1. The van der Waals surface area contributed by atoms with Crippen molar-refractivity contribution in [2.24, 2.45) is 5.10 Å². The van der Waals surface area contributed by atoms with Crippen LogP contribution in [0.25, 0.3) is 0 Å². The number of hydrogen-bond donors (Lipinski definition) is 1. The third kappa shape index (κ3) is 6.84. The van der Waals surface area contributed by atoms with Crippen LogP contribution in [0.3, 0.4) is 0 Å². The lowest BCUT2D eigenvalue weighted by molar-refractivity contribution is -0.120. The van der Waals surface area contributed by atoms with Crippen LogP contribution in [0.2, 0.25) is 0 Å². The first-order valence-electron chi connectivity index (χ1n) is 10.5. The third-order valence-electron chi connectivity index (χ3n) is 4.71. The van der Waals surface area contributed by atoms with Crippen molar-refractivity contribution in [3.8, 4) is 23.3 Å². The molecule has 3 rings (SSSR count). The lowest BCUT2D eigenvalue weighted by Gasteiger charge is -2.12. The van der Waals surface area contributed by atoms with Gasteiger partial charge in [0.05, 0.1) is 38.0 Å². The van der Waals surface area contributed by atoms with E-state index in [1.54, 1.807) is 31.4 Å². The Labute approximate surface area is 193 Å². The van der Waals surface area contributed by atoms with Gasteiger partial charge in [0.2, 0.25) is 5.91 Å². The number of benzene rings is 3. The van der Waals surface area contributed by atoms with Crippen molar-refractivity contribution in [3.63, 3.8) is 0 Å². The molecule has 0 heterocycles. The highest BCUT2D eigenvalue weighted by molar-refractivity contribution is 5.84. The van der Waals surface area contributed by atoms with E-state index in [0.29, 0.717) is 23.7 Å². The fourth-order valence-electron chi connectivity index (χ4n) is 3.07. The molecule has 0 fully saturated rings. The van der Waals surface area contributed by atoms with Crippen LogP contribution in [0.1, 0.15) is 29.2 Å². The molecule has 0 aromatic heterocycles. The number of methoxy groups -OCH3 is 1. The number of rotatable bonds is 10. The summed E-state index contributed by atoms with van der Waals surface area (Å²) in [5.74, 6) is 1.62. The van der Waals surface area contributed by atoms with Crippen molar-refractivity contribution in [2.75, 3.05) is 13.7 Å². The molecule has 33 heavy (non-hydrogen) atoms. The van der Waals surface area contributed by atoms with Crippen molar-refractivity contribution >= 4 is 12.1 Å². The maximum absolute atomic E-state index is 12.1. The smallest absolute Gasteiger partial charge is 0.244 e. The molecule has 7 nitrogen and oxygen atoms in total. The average molecular weight is 444 g/mol. The maximum atomic E-state index is 12.1. The summed E-state index contributed by atoms with van der Waals surface area (Å²) in [4.78, 5) is 12.1. The van der Waals surface area contributed by atoms with Gasteiger partial charge in [-0.2, -0.15) is 10.4 Å². The second-order valence-electron chi connectivity index (χ2n) is 7.01. The predicted molar refractivity (Wildman–Crippen MR) is 126 cm³/mol. The lowest BCUT2D eigenvalue weighted by Crippen LogP contribution is -2.19. The summed E-state index contributed by atoms with van der Waals surface area (Å²) in [7, 11) is 1.55. The van der Waals surface area contributed by atoms with E-state index >= 15 is 0 Å². The molecule has 0 aliphatic heterocycles. The molecule has 168 valence electrons. The number of nitrogens with one attached hydrogen (secondary N) is 1. The molecule has 1 amide bonds. The van der Waals surface area contributed by atoms with Crippen molar-refractivity contribution in [1.82, 2.24) is 5.43 Å². The molecule has 0 atom stereocenters. The van der Waals surface area contributed by atoms with Gasteiger partial charge in [0.25, 0.3) is 0 Å².